The van der Waals surface area contributed by atoms with Gasteiger partial charge in [0.2, 0.25) is 0 Å². The molecule has 0 aliphatic heterocycles. The van der Waals surface area contributed by atoms with Gasteiger partial charge in [0.05, 0.1) is 0 Å². The number of nitrogens with two attached hydrogens (primary N) is 2. The van der Waals surface area contributed by atoms with Crippen molar-refractivity contribution in [3.63, 3.8) is 0 Å². The second-order valence-corrected chi connectivity index (χ2v) is 8.70. The summed E-state index contributed by atoms with van der Waals surface area (Å²) in [5.74, 6) is -6.63. The van der Waals surface area contributed by atoms with Crippen molar-refractivity contribution in [1.29, 1.82) is 0 Å². The smallest absolute Gasteiger partial charge is 0.343 e. The molecule has 0 saturated heterocycles. The van der Waals surface area contributed by atoms with Crippen LogP contribution >= 0.6 is 0 Å². The molecular formula is C29H28N2O12. The lowest BCUT2D eigenvalue weighted by atomic mass is 9.94. The molecule has 0 aliphatic carbocycles. The van der Waals surface area contributed by atoms with Crippen molar-refractivity contribution in [3.05, 3.63) is 59.7 Å². The predicted octanol–water partition coefficient (Wildman–Crippen LogP) is 1.41. The SMILES string of the molecule is CC(=O)Oc1ccc(C=CC(=O)OC(=O)C(N)(CN)C(=O)C=Cc2ccc(OC(C)=O)c(OC(C)=O)c2)cc1OC(C)=O. The van der Waals surface area contributed by atoms with E-state index in [1.54, 1.807) is 0 Å². The minimum atomic E-state index is -2.44. The Kier molecular flexibility index (Phi) is 11.7. The molecule has 0 bridgehead atoms. The van der Waals surface area contributed by atoms with E-state index in [0.717, 1.165) is 39.8 Å². The summed E-state index contributed by atoms with van der Waals surface area (Å²) in [6.45, 7) is 3.86. The largest absolute Gasteiger partial charge is 0.423 e. The Hall–Kier alpha value is -5.47. The van der Waals surface area contributed by atoms with Gasteiger partial charge in [-0.1, -0.05) is 18.2 Å². The van der Waals surface area contributed by atoms with Crippen LogP contribution in [-0.2, 0) is 38.3 Å². The number of esters is 6. The maximum atomic E-state index is 12.8. The van der Waals surface area contributed by atoms with Gasteiger partial charge in [-0.15, -0.1) is 0 Å². The van der Waals surface area contributed by atoms with E-state index in [1.165, 1.54) is 48.6 Å². The van der Waals surface area contributed by atoms with Crippen LogP contribution in [0.25, 0.3) is 12.2 Å². The molecule has 226 valence electrons. The average molecular weight is 597 g/mol. The third-order valence-corrected chi connectivity index (χ3v) is 5.11. The van der Waals surface area contributed by atoms with Crippen LogP contribution in [0.1, 0.15) is 38.8 Å². The standard InChI is InChI=1S/C29H28N2O12/c1-16(32)39-22-9-5-20(13-24(22)41-18(3)34)7-11-26(36)29(31,15-30)28(38)43-27(37)12-8-21-6-10-23(40-17(2)33)25(14-21)42-19(4)35/h5-14H,15,30-31H2,1-4H3. The molecule has 4 N–H and O–H groups in total. The number of benzene rings is 2. The summed E-state index contributed by atoms with van der Waals surface area (Å²) < 4.78 is 24.7. The van der Waals surface area contributed by atoms with Crippen molar-refractivity contribution in [1.82, 2.24) is 0 Å². The number of carbonyl (C=O) groups excluding carboxylic acids is 7. The van der Waals surface area contributed by atoms with Crippen LogP contribution in [0.5, 0.6) is 23.0 Å². The van der Waals surface area contributed by atoms with E-state index in [2.05, 4.69) is 0 Å². The van der Waals surface area contributed by atoms with Gasteiger partial charge in [0, 0.05) is 40.3 Å². The summed E-state index contributed by atoms with van der Waals surface area (Å²) >= 11 is 0. The minimum Gasteiger partial charge on any atom is -0.423 e. The summed E-state index contributed by atoms with van der Waals surface area (Å²) in [7, 11) is 0. The van der Waals surface area contributed by atoms with Crippen molar-refractivity contribution in [2.75, 3.05) is 6.54 Å². The molecule has 0 spiro atoms. The van der Waals surface area contributed by atoms with E-state index in [4.69, 9.17) is 35.2 Å². The van der Waals surface area contributed by atoms with Crippen LogP contribution in [0.15, 0.2) is 48.6 Å². The lowest BCUT2D eigenvalue weighted by molar-refractivity contribution is -0.161. The molecule has 2 aromatic rings. The highest BCUT2D eigenvalue weighted by Gasteiger charge is 2.42. The number of hydrogen-bond donors (Lipinski definition) is 2. The Bertz CT molecular complexity index is 1530. The van der Waals surface area contributed by atoms with Crippen LogP contribution in [0.4, 0.5) is 0 Å². The zero-order valence-electron chi connectivity index (χ0n) is 23.5. The molecule has 0 fully saturated rings. The molecule has 0 aromatic heterocycles. The first-order chi connectivity index (χ1) is 20.1. The van der Waals surface area contributed by atoms with Gasteiger partial charge in [0.15, 0.2) is 34.3 Å². The van der Waals surface area contributed by atoms with Crippen LogP contribution < -0.4 is 30.4 Å². The fourth-order valence-corrected chi connectivity index (χ4v) is 3.19. The number of rotatable bonds is 11. The van der Waals surface area contributed by atoms with Gasteiger partial charge < -0.3 is 35.2 Å². The first kappa shape index (κ1) is 33.7. The Morgan fingerprint density at radius 3 is 1.44 bits per heavy atom. The molecule has 0 saturated carbocycles. The van der Waals surface area contributed by atoms with Gasteiger partial charge in [-0.2, -0.15) is 0 Å². The van der Waals surface area contributed by atoms with Gasteiger partial charge >= 0.3 is 35.8 Å². The van der Waals surface area contributed by atoms with Crippen molar-refractivity contribution < 1.29 is 57.2 Å². The second kappa shape index (κ2) is 15.0. The van der Waals surface area contributed by atoms with E-state index in [-0.39, 0.29) is 23.0 Å². The molecule has 0 heterocycles. The van der Waals surface area contributed by atoms with Crippen LogP contribution in [0.3, 0.4) is 0 Å². The second-order valence-electron chi connectivity index (χ2n) is 8.70. The summed E-state index contributed by atoms with van der Waals surface area (Å²) in [5.41, 5.74) is 9.63. The minimum absolute atomic E-state index is 0.0389. The highest BCUT2D eigenvalue weighted by molar-refractivity contribution is 6.17. The van der Waals surface area contributed by atoms with Gasteiger partial charge in [0.25, 0.3) is 0 Å². The lowest BCUT2D eigenvalue weighted by Crippen LogP contribution is -2.60. The third kappa shape index (κ3) is 10.1. The molecular weight excluding hydrogens is 568 g/mol. The molecule has 14 heteroatoms. The molecule has 0 amide bonds. The number of carbonyl (C=O) groups is 7. The Labute approximate surface area is 245 Å². The van der Waals surface area contributed by atoms with Crippen molar-refractivity contribution in [3.8, 4) is 23.0 Å². The van der Waals surface area contributed by atoms with Crippen molar-refractivity contribution in [2.45, 2.75) is 33.2 Å². The maximum absolute atomic E-state index is 12.8. The zero-order valence-corrected chi connectivity index (χ0v) is 23.5. The van der Waals surface area contributed by atoms with Crippen LogP contribution in [0, 0.1) is 0 Å². The van der Waals surface area contributed by atoms with Crippen molar-refractivity contribution in [2.24, 2.45) is 11.5 Å². The third-order valence-electron chi connectivity index (χ3n) is 5.11. The van der Waals surface area contributed by atoms with E-state index in [1.807, 2.05) is 0 Å². The van der Waals surface area contributed by atoms with Gasteiger partial charge in [0.1, 0.15) is 0 Å². The zero-order chi connectivity index (χ0) is 32.3. The molecule has 2 rings (SSSR count). The van der Waals surface area contributed by atoms with E-state index in [0.29, 0.717) is 11.1 Å². The van der Waals surface area contributed by atoms with Gasteiger partial charge in [-0.25, -0.2) is 9.59 Å². The number of ketones is 1. The molecule has 43 heavy (non-hydrogen) atoms. The molecule has 0 aliphatic rings. The Morgan fingerprint density at radius 1 is 0.651 bits per heavy atom. The lowest BCUT2D eigenvalue weighted by Gasteiger charge is -2.21. The fourth-order valence-electron chi connectivity index (χ4n) is 3.19. The highest BCUT2D eigenvalue weighted by atomic mass is 16.6. The van der Waals surface area contributed by atoms with E-state index in [9.17, 15) is 33.6 Å². The fraction of sp³-hybridized carbons (Fsp3) is 0.207. The summed E-state index contributed by atoms with van der Waals surface area (Å²) in [6.07, 6.45) is 4.17. The molecule has 2 aromatic carbocycles. The van der Waals surface area contributed by atoms with Gasteiger partial charge in [-0.3, -0.25) is 24.0 Å². The number of hydrogen-bond acceptors (Lipinski definition) is 14. The summed E-state index contributed by atoms with van der Waals surface area (Å²) in [5, 5.41) is 0. The first-order valence-electron chi connectivity index (χ1n) is 12.3. The van der Waals surface area contributed by atoms with Crippen LogP contribution in [0.2, 0.25) is 0 Å². The van der Waals surface area contributed by atoms with E-state index >= 15 is 0 Å². The number of ether oxygens (including phenoxy) is 5. The molecule has 0 radical (unpaired) electrons. The van der Waals surface area contributed by atoms with Gasteiger partial charge in [-0.05, 0) is 47.5 Å². The molecule has 1 atom stereocenters. The average Bonchev–Trinajstić information content (AvgIpc) is 2.91. The Balaban J connectivity index is 2.18. The quantitative estimate of drug-likeness (QED) is 0.162. The maximum Gasteiger partial charge on any atom is 0.343 e. The summed E-state index contributed by atoms with van der Waals surface area (Å²) in [6, 6.07) is 8.07. The van der Waals surface area contributed by atoms with Crippen LogP contribution in [-0.4, -0.2) is 53.7 Å². The molecule has 14 nitrogen and oxygen atoms in total. The van der Waals surface area contributed by atoms with Crippen molar-refractivity contribution >= 4 is 53.8 Å². The topological polar surface area (TPSA) is 218 Å². The Morgan fingerprint density at radius 2 is 1.05 bits per heavy atom. The van der Waals surface area contributed by atoms with E-state index < -0.39 is 53.7 Å². The summed E-state index contributed by atoms with van der Waals surface area (Å²) in [4.78, 5) is 83.1. The monoisotopic (exact) mass is 596 g/mol. The normalized spacial score (nSPS) is 12.2. The highest BCUT2D eigenvalue weighted by Crippen LogP contribution is 2.30. The predicted molar refractivity (Wildman–Crippen MR) is 148 cm³/mol. The first-order valence-corrected chi connectivity index (χ1v) is 12.3. The molecule has 1 unspecified atom stereocenters.